The molecule has 0 aliphatic carbocycles. The summed E-state index contributed by atoms with van der Waals surface area (Å²) in [4.78, 5) is 14.6. The fourth-order valence-electron chi connectivity index (χ4n) is 2.06. The van der Waals surface area contributed by atoms with Crippen molar-refractivity contribution < 1.29 is 9.90 Å². The fourth-order valence-corrected chi connectivity index (χ4v) is 2.31. The molecule has 0 atom stereocenters. The normalized spacial score (nSPS) is 10.7. The Morgan fingerprint density at radius 2 is 1.72 bits per heavy atom. The summed E-state index contributed by atoms with van der Waals surface area (Å²) in [6.07, 6.45) is 11.3. The van der Waals surface area contributed by atoms with Crippen molar-refractivity contribution in [1.29, 1.82) is 0 Å². The van der Waals surface area contributed by atoms with Crippen molar-refractivity contribution in [3.05, 3.63) is 18.0 Å². The van der Waals surface area contributed by atoms with Gasteiger partial charge in [-0.05, 0) is 25.3 Å². The van der Waals surface area contributed by atoms with E-state index < -0.39 is 5.97 Å². The van der Waals surface area contributed by atoms with Gasteiger partial charge in [-0.3, -0.25) is 4.79 Å². The summed E-state index contributed by atoms with van der Waals surface area (Å²) < 4.78 is 0. The standard InChI is InChI=1S/C14H23NO2S/c16-14(17)9-7-5-3-1-2-4-6-8-12-13(18)10-11-15-12/h10-11,15,18H,1-9H2,(H,16,17). The Balaban J connectivity index is 1.87. The van der Waals surface area contributed by atoms with Crippen LogP contribution >= 0.6 is 12.6 Å². The van der Waals surface area contributed by atoms with Gasteiger partial charge in [0.1, 0.15) is 0 Å². The monoisotopic (exact) mass is 269 g/mol. The lowest BCUT2D eigenvalue weighted by Crippen LogP contribution is -1.93. The summed E-state index contributed by atoms with van der Waals surface area (Å²) in [5, 5.41) is 8.49. The van der Waals surface area contributed by atoms with Crippen molar-refractivity contribution >= 4 is 18.6 Å². The average Bonchev–Trinajstić information content (AvgIpc) is 2.72. The Labute approximate surface area is 114 Å². The minimum atomic E-state index is -0.677. The van der Waals surface area contributed by atoms with Crippen molar-refractivity contribution in [2.75, 3.05) is 0 Å². The lowest BCUT2D eigenvalue weighted by atomic mass is 10.1. The van der Waals surface area contributed by atoms with Gasteiger partial charge in [0, 0.05) is 23.2 Å². The molecule has 0 bridgehead atoms. The van der Waals surface area contributed by atoms with Crippen LogP contribution in [-0.4, -0.2) is 16.1 Å². The molecule has 2 N–H and O–H groups in total. The molecule has 0 aliphatic heterocycles. The summed E-state index contributed by atoms with van der Waals surface area (Å²) in [5.74, 6) is -0.677. The predicted octanol–water partition coefficient (Wildman–Crippen LogP) is 4.05. The lowest BCUT2D eigenvalue weighted by Gasteiger charge is -2.02. The van der Waals surface area contributed by atoms with E-state index in [2.05, 4.69) is 17.6 Å². The number of nitrogens with one attached hydrogen (secondary N) is 1. The molecule has 0 unspecified atom stereocenters. The second-order valence-corrected chi connectivity index (χ2v) is 5.19. The van der Waals surface area contributed by atoms with Crippen LogP contribution in [0, 0.1) is 0 Å². The first kappa shape index (κ1) is 15.2. The van der Waals surface area contributed by atoms with E-state index in [9.17, 15) is 4.79 Å². The van der Waals surface area contributed by atoms with Crippen LogP contribution in [0.15, 0.2) is 17.2 Å². The highest BCUT2D eigenvalue weighted by atomic mass is 32.1. The van der Waals surface area contributed by atoms with Crippen molar-refractivity contribution in [2.24, 2.45) is 0 Å². The van der Waals surface area contributed by atoms with Gasteiger partial charge in [-0.2, -0.15) is 0 Å². The molecule has 1 aromatic rings. The maximum atomic E-state index is 10.3. The summed E-state index contributed by atoms with van der Waals surface area (Å²) in [7, 11) is 0. The van der Waals surface area contributed by atoms with Crippen molar-refractivity contribution in [3.8, 4) is 0 Å². The molecular weight excluding hydrogens is 246 g/mol. The van der Waals surface area contributed by atoms with Crippen LogP contribution in [0.2, 0.25) is 0 Å². The van der Waals surface area contributed by atoms with E-state index in [1.165, 1.54) is 31.4 Å². The largest absolute Gasteiger partial charge is 0.481 e. The summed E-state index contributed by atoms with van der Waals surface area (Å²) in [6, 6.07) is 1.99. The van der Waals surface area contributed by atoms with Crippen LogP contribution in [-0.2, 0) is 11.2 Å². The number of aromatic nitrogens is 1. The second-order valence-electron chi connectivity index (χ2n) is 4.71. The van der Waals surface area contributed by atoms with Gasteiger partial charge >= 0.3 is 5.97 Å². The molecule has 0 spiro atoms. The van der Waals surface area contributed by atoms with E-state index >= 15 is 0 Å². The molecule has 0 aliphatic rings. The molecular formula is C14H23NO2S. The van der Waals surface area contributed by atoms with E-state index in [0.29, 0.717) is 6.42 Å². The number of hydrogen-bond donors (Lipinski definition) is 3. The van der Waals surface area contributed by atoms with Gasteiger partial charge in [0.25, 0.3) is 0 Å². The number of carboxylic acid groups (broad SMARTS) is 1. The second kappa shape index (κ2) is 9.09. The number of aliphatic carboxylic acids is 1. The van der Waals surface area contributed by atoms with Gasteiger partial charge in [0.05, 0.1) is 0 Å². The van der Waals surface area contributed by atoms with Gasteiger partial charge in [-0.15, -0.1) is 12.6 Å². The smallest absolute Gasteiger partial charge is 0.303 e. The van der Waals surface area contributed by atoms with Crippen LogP contribution in [0.25, 0.3) is 0 Å². The molecule has 0 saturated heterocycles. The van der Waals surface area contributed by atoms with Gasteiger partial charge in [-0.25, -0.2) is 0 Å². The highest BCUT2D eigenvalue weighted by Gasteiger charge is 1.99. The molecule has 0 fully saturated rings. The van der Waals surface area contributed by atoms with Crippen LogP contribution in [0.1, 0.15) is 57.1 Å². The highest BCUT2D eigenvalue weighted by Crippen LogP contribution is 2.15. The van der Waals surface area contributed by atoms with Crippen LogP contribution in [0.3, 0.4) is 0 Å². The highest BCUT2D eigenvalue weighted by molar-refractivity contribution is 7.80. The molecule has 18 heavy (non-hydrogen) atoms. The molecule has 0 radical (unpaired) electrons. The molecule has 4 heteroatoms. The van der Waals surface area contributed by atoms with E-state index in [1.807, 2.05) is 12.3 Å². The van der Waals surface area contributed by atoms with E-state index in [1.54, 1.807) is 0 Å². The molecule has 3 nitrogen and oxygen atoms in total. The minimum absolute atomic E-state index is 0.317. The summed E-state index contributed by atoms with van der Waals surface area (Å²) in [5.41, 5.74) is 1.24. The van der Waals surface area contributed by atoms with Crippen LogP contribution in [0.5, 0.6) is 0 Å². The Bertz CT molecular complexity index is 349. The Hall–Kier alpha value is -0.900. The third kappa shape index (κ3) is 6.74. The van der Waals surface area contributed by atoms with Gasteiger partial charge < -0.3 is 10.1 Å². The number of carboxylic acids is 1. The van der Waals surface area contributed by atoms with E-state index in [-0.39, 0.29) is 0 Å². The molecule has 1 rings (SSSR count). The average molecular weight is 269 g/mol. The zero-order chi connectivity index (χ0) is 13.2. The number of aryl methyl sites for hydroxylation is 1. The quantitative estimate of drug-likeness (QED) is 0.443. The lowest BCUT2D eigenvalue weighted by molar-refractivity contribution is -0.137. The zero-order valence-corrected chi connectivity index (χ0v) is 11.7. The third-order valence-electron chi connectivity index (χ3n) is 3.13. The Morgan fingerprint density at radius 1 is 1.11 bits per heavy atom. The minimum Gasteiger partial charge on any atom is -0.481 e. The van der Waals surface area contributed by atoms with Crippen LogP contribution in [0.4, 0.5) is 0 Å². The number of thiol groups is 1. The first-order valence-corrected chi connectivity index (χ1v) is 7.22. The van der Waals surface area contributed by atoms with Gasteiger partial charge in [0.15, 0.2) is 0 Å². The van der Waals surface area contributed by atoms with Gasteiger partial charge in [0.2, 0.25) is 0 Å². The number of hydrogen-bond acceptors (Lipinski definition) is 2. The maximum Gasteiger partial charge on any atom is 0.303 e. The first-order chi connectivity index (χ1) is 8.70. The number of H-pyrrole nitrogens is 1. The topological polar surface area (TPSA) is 53.1 Å². The van der Waals surface area contributed by atoms with Gasteiger partial charge in [-0.1, -0.05) is 32.1 Å². The van der Waals surface area contributed by atoms with E-state index in [4.69, 9.17) is 5.11 Å². The zero-order valence-electron chi connectivity index (χ0n) is 10.8. The summed E-state index contributed by atoms with van der Waals surface area (Å²) in [6.45, 7) is 0. The number of unbranched alkanes of at least 4 members (excludes halogenated alkanes) is 6. The Kier molecular flexibility index (Phi) is 7.65. The van der Waals surface area contributed by atoms with Crippen molar-refractivity contribution in [3.63, 3.8) is 0 Å². The third-order valence-corrected chi connectivity index (χ3v) is 3.54. The molecule has 1 aromatic heterocycles. The van der Waals surface area contributed by atoms with Crippen LogP contribution < -0.4 is 0 Å². The molecule has 0 aromatic carbocycles. The fraction of sp³-hybridized carbons (Fsp3) is 0.643. The molecule has 102 valence electrons. The first-order valence-electron chi connectivity index (χ1n) is 6.77. The molecule has 0 amide bonds. The molecule has 0 saturated carbocycles. The maximum absolute atomic E-state index is 10.3. The number of aromatic amines is 1. The number of carbonyl (C=O) groups is 1. The Morgan fingerprint density at radius 3 is 2.28 bits per heavy atom. The number of rotatable bonds is 10. The molecule has 1 heterocycles. The SMILES string of the molecule is O=C(O)CCCCCCCCCc1[nH]ccc1S. The van der Waals surface area contributed by atoms with E-state index in [0.717, 1.165) is 30.6 Å². The van der Waals surface area contributed by atoms with Crippen molar-refractivity contribution in [1.82, 2.24) is 4.98 Å². The predicted molar refractivity (Wildman–Crippen MR) is 76.3 cm³/mol. The van der Waals surface area contributed by atoms with Crippen molar-refractivity contribution in [2.45, 2.75) is 62.7 Å². The summed E-state index contributed by atoms with van der Waals surface area (Å²) >= 11 is 4.37.